The molecule has 1 aromatic heterocycles. The summed E-state index contributed by atoms with van der Waals surface area (Å²) in [4.78, 5) is 17.8. The van der Waals surface area contributed by atoms with E-state index in [1.165, 1.54) is 6.92 Å². The highest BCUT2D eigenvalue weighted by atomic mass is 19.4. The third kappa shape index (κ3) is 5.26. The van der Waals surface area contributed by atoms with E-state index in [1.54, 1.807) is 24.4 Å². The van der Waals surface area contributed by atoms with Crippen LogP contribution in [-0.4, -0.2) is 21.9 Å². The Morgan fingerprint density at radius 3 is 2.23 bits per heavy atom. The van der Waals surface area contributed by atoms with Crippen molar-refractivity contribution in [2.75, 3.05) is 5.32 Å². The van der Waals surface area contributed by atoms with Gasteiger partial charge in [0.15, 0.2) is 0 Å². The molecule has 0 spiro atoms. The summed E-state index contributed by atoms with van der Waals surface area (Å²) in [5.41, 5.74) is -1.11. The van der Waals surface area contributed by atoms with Crippen molar-refractivity contribution < 1.29 is 35.5 Å². The second-order valence-corrected chi connectivity index (χ2v) is 8.98. The van der Waals surface area contributed by atoms with E-state index in [0.29, 0.717) is 28.7 Å². The monoisotopic (exact) mass is 561 g/mol. The number of anilines is 1. The second-order valence-electron chi connectivity index (χ2n) is 8.98. The van der Waals surface area contributed by atoms with Gasteiger partial charge in [-0.3, -0.25) is 14.9 Å². The Bertz CT molecular complexity index is 1670. The number of amides is 1. The van der Waals surface area contributed by atoms with Crippen LogP contribution in [0.3, 0.4) is 0 Å². The molecule has 0 radical (unpaired) electrons. The number of rotatable bonds is 4. The average molecular weight is 561 g/mol. The first-order valence-electron chi connectivity index (χ1n) is 11.7. The zero-order valence-electron chi connectivity index (χ0n) is 20.4. The van der Waals surface area contributed by atoms with Crippen LogP contribution in [0.15, 0.2) is 83.1 Å². The van der Waals surface area contributed by atoms with Crippen LogP contribution in [0.2, 0.25) is 0 Å². The van der Waals surface area contributed by atoms with E-state index in [4.69, 9.17) is 0 Å². The maximum absolute atomic E-state index is 15.1. The highest BCUT2D eigenvalue weighted by Crippen LogP contribution is 2.37. The number of aliphatic imine (C=N–C) groups is 1. The Morgan fingerprint density at radius 2 is 1.57 bits per heavy atom. The van der Waals surface area contributed by atoms with Gasteiger partial charge in [-0.25, -0.2) is 4.39 Å². The van der Waals surface area contributed by atoms with Crippen LogP contribution in [0.4, 0.5) is 36.4 Å². The van der Waals surface area contributed by atoms with Crippen molar-refractivity contribution >= 4 is 28.3 Å². The lowest BCUT2D eigenvalue weighted by atomic mass is 9.93. The molecular weight excluding hydrogens is 543 g/mol. The minimum absolute atomic E-state index is 0.00638. The minimum Gasteiger partial charge on any atom is -0.343 e. The zero-order chi connectivity index (χ0) is 28.8. The minimum atomic E-state index is -4.81. The maximum atomic E-state index is 15.1. The summed E-state index contributed by atoms with van der Waals surface area (Å²) in [6, 6.07) is 9.31. The number of benzene rings is 3. The van der Waals surface area contributed by atoms with Crippen LogP contribution < -0.4 is 10.6 Å². The molecule has 206 valence electrons. The summed E-state index contributed by atoms with van der Waals surface area (Å²) in [6.45, 7) is 1.47. The first kappa shape index (κ1) is 26.9. The molecule has 0 aliphatic carbocycles. The smallest absolute Gasteiger partial charge is 0.343 e. The Hall–Kier alpha value is -4.68. The number of H-pyrrole nitrogens is 1. The molecule has 13 heteroatoms. The molecule has 3 N–H and O–H groups in total. The summed E-state index contributed by atoms with van der Waals surface area (Å²) < 4.78 is 93.7. The lowest BCUT2D eigenvalue weighted by Crippen LogP contribution is -2.34. The van der Waals surface area contributed by atoms with E-state index >= 15 is 4.39 Å². The first-order valence-corrected chi connectivity index (χ1v) is 11.7. The standard InChI is InChI=1S/C27H18F7N5O/c1-13-22(25(40)37-18-7-9-21-15(10-18)12-35-39-21)23(19-8-6-17(11-20(19)28)27(32,33)34)38-24(36-13)14-2-4-16(5-3-14)26(29,30)31/h2-12,23H,1H3,(H,35,39)(H,36,38)(H,37,40). The van der Waals surface area contributed by atoms with Crippen LogP contribution in [0.1, 0.15) is 35.2 Å². The van der Waals surface area contributed by atoms with Crippen LogP contribution >= 0.6 is 0 Å². The fourth-order valence-corrected chi connectivity index (χ4v) is 4.30. The van der Waals surface area contributed by atoms with Crippen molar-refractivity contribution in [2.24, 2.45) is 4.99 Å². The predicted octanol–water partition coefficient (Wildman–Crippen LogP) is 6.74. The van der Waals surface area contributed by atoms with Gasteiger partial charge in [0.25, 0.3) is 5.91 Å². The maximum Gasteiger partial charge on any atom is 0.416 e. The van der Waals surface area contributed by atoms with Crippen molar-refractivity contribution in [1.82, 2.24) is 15.5 Å². The molecule has 1 aliphatic rings. The Balaban J connectivity index is 1.55. The zero-order valence-corrected chi connectivity index (χ0v) is 20.4. The van der Waals surface area contributed by atoms with Gasteiger partial charge in [-0.15, -0.1) is 0 Å². The Morgan fingerprint density at radius 1 is 0.900 bits per heavy atom. The molecule has 40 heavy (non-hydrogen) atoms. The number of nitrogens with zero attached hydrogens (tertiary/aromatic N) is 2. The lowest BCUT2D eigenvalue weighted by molar-refractivity contribution is -0.138. The Labute approximate surface area is 221 Å². The fraction of sp³-hybridized carbons (Fsp3) is 0.148. The molecule has 4 aromatic rings. The summed E-state index contributed by atoms with van der Waals surface area (Å²) in [6.07, 6.45) is -7.84. The van der Waals surface area contributed by atoms with Crippen molar-refractivity contribution in [3.05, 3.63) is 106 Å². The van der Waals surface area contributed by atoms with Crippen LogP contribution in [0.5, 0.6) is 0 Å². The lowest BCUT2D eigenvalue weighted by Gasteiger charge is -2.27. The number of fused-ring (bicyclic) bond motifs is 1. The molecule has 1 aliphatic heterocycles. The van der Waals surface area contributed by atoms with Crippen LogP contribution in [0.25, 0.3) is 10.9 Å². The third-order valence-corrected chi connectivity index (χ3v) is 6.29. The van der Waals surface area contributed by atoms with Gasteiger partial charge in [0.05, 0.1) is 28.4 Å². The average Bonchev–Trinajstić information content (AvgIpc) is 3.35. The number of allylic oxidation sites excluding steroid dienone is 1. The number of aromatic nitrogens is 2. The van der Waals surface area contributed by atoms with Crippen LogP contribution in [0, 0.1) is 5.82 Å². The van der Waals surface area contributed by atoms with Gasteiger partial charge in [0.1, 0.15) is 17.7 Å². The van der Waals surface area contributed by atoms with Gasteiger partial charge in [0.2, 0.25) is 0 Å². The largest absolute Gasteiger partial charge is 0.416 e. The highest BCUT2D eigenvalue weighted by molar-refractivity contribution is 6.09. The molecular formula is C27H18F7N5O. The van der Waals surface area contributed by atoms with Crippen molar-refractivity contribution in [2.45, 2.75) is 25.3 Å². The van der Waals surface area contributed by atoms with Crippen molar-refractivity contribution in [3.63, 3.8) is 0 Å². The molecule has 1 amide bonds. The molecule has 0 fully saturated rings. The van der Waals surface area contributed by atoms with E-state index in [9.17, 15) is 31.1 Å². The molecule has 0 bridgehead atoms. The van der Waals surface area contributed by atoms with E-state index < -0.39 is 41.2 Å². The molecule has 3 aromatic carbocycles. The van der Waals surface area contributed by atoms with E-state index in [2.05, 4.69) is 25.8 Å². The molecule has 5 rings (SSSR count). The summed E-state index contributed by atoms with van der Waals surface area (Å²) >= 11 is 0. The number of alkyl halides is 6. The molecule has 2 heterocycles. The number of hydrogen-bond acceptors (Lipinski definition) is 4. The quantitative estimate of drug-likeness (QED) is 0.241. The van der Waals surface area contributed by atoms with Crippen molar-refractivity contribution in [1.29, 1.82) is 0 Å². The van der Waals surface area contributed by atoms with Gasteiger partial charge in [0, 0.05) is 27.9 Å². The van der Waals surface area contributed by atoms with E-state index in [1.807, 2.05) is 0 Å². The number of carbonyl (C=O) groups excluding carboxylic acids is 1. The summed E-state index contributed by atoms with van der Waals surface area (Å²) in [5, 5.41) is 12.9. The van der Waals surface area contributed by atoms with Gasteiger partial charge >= 0.3 is 12.4 Å². The van der Waals surface area contributed by atoms with Crippen LogP contribution in [-0.2, 0) is 17.1 Å². The van der Waals surface area contributed by atoms with E-state index in [0.717, 1.165) is 30.3 Å². The Kier molecular flexibility index (Phi) is 6.60. The summed E-state index contributed by atoms with van der Waals surface area (Å²) in [5.74, 6) is -1.96. The third-order valence-electron chi connectivity index (χ3n) is 6.29. The van der Waals surface area contributed by atoms with E-state index in [-0.39, 0.29) is 28.2 Å². The molecule has 6 nitrogen and oxygen atoms in total. The SMILES string of the molecule is CC1=C(C(=O)Nc2ccc3[nH]ncc3c2)C(c2ccc(C(F)(F)F)cc2F)N=C(c2ccc(C(F)(F)F)cc2)N1. The number of halogens is 7. The predicted molar refractivity (Wildman–Crippen MR) is 133 cm³/mol. The van der Waals surface area contributed by atoms with Gasteiger partial charge in [-0.05, 0) is 49.4 Å². The number of amidine groups is 1. The number of carbonyl (C=O) groups is 1. The van der Waals surface area contributed by atoms with Gasteiger partial charge < -0.3 is 10.6 Å². The van der Waals surface area contributed by atoms with Gasteiger partial charge in [-0.1, -0.05) is 18.2 Å². The van der Waals surface area contributed by atoms with Crippen molar-refractivity contribution in [3.8, 4) is 0 Å². The topological polar surface area (TPSA) is 82.2 Å². The molecule has 0 saturated heterocycles. The fourth-order valence-electron chi connectivity index (χ4n) is 4.30. The number of aromatic amines is 1. The molecule has 1 atom stereocenters. The number of nitrogens with one attached hydrogen (secondary N) is 3. The first-order chi connectivity index (χ1) is 18.8. The molecule has 1 unspecified atom stereocenters. The number of hydrogen-bond donors (Lipinski definition) is 3. The molecule has 0 saturated carbocycles. The highest BCUT2D eigenvalue weighted by Gasteiger charge is 2.35. The van der Waals surface area contributed by atoms with Gasteiger partial charge in [-0.2, -0.15) is 31.4 Å². The second kappa shape index (κ2) is 9.81. The normalized spacial score (nSPS) is 16.1. The summed E-state index contributed by atoms with van der Waals surface area (Å²) in [7, 11) is 0.